The maximum absolute atomic E-state index is 12.1. The molecule has 1 atom stereocenters. The van der Waals surface area contributed by atoms with Gasteiger partial charge >= 0.3 is 17.6 Å². The van der Waals surface area contributed by atoms with Crippen LogP contribution in [0.15, 0.2) is 15.9 Å². The molecular weight excluding hydrogens is 364 g/mol. The van der Waals surface area contributed by atoms with Gasteiger partial charge in [0.1, 0.15) is 7.15 Å². The Labute approximate surface area is 161 Å². The van der Waals surface area contributed by atoms with Gasteiger partial charge in [-0.15, -0.1) is 0 Å². The summed E-state index contributed by atoms with van der Waals surface area (Å²) in [4.78, 5) is 58.6. The zero-order valence-electron chi connectivity index (χ0n) is 21.1. The molecule has 0 saturated carbocycles. The Morgan fingerprint density at radius 3 is 2.30 bits per heavy atom. The van der Waals surface area contributed by atoms with Crippen LogP contribution >= 0.6 is 0 Å². The number of carboxylic acid groups (broad SMARTS) is 2. The molecule has 27 heavy (non-hydrogen) atoms. The number of fused-ring (bicyclic) bond motifs is 1. The zero-order valence-corrected chi connectivity index (χ0v) is 14.1. The Morgan fingerprint density at radius 2 is 1.85 bits per heavy atom. The van der Waals surface area contributed by atoms with Crippen LogP contribution in [0.1, 0.15) is 29.4 Å². The summed E-state index contributed by atoms with van der Waals surface area (Å²) in [7, 11) is 1.02. The number of aliphatic carboxylic acids is 2. The normalized spacial score (nSPS) is 17.5. The van der Waals surface area contributed by atoms with E-state index in [1.54, 1.807) is 0 Å². The Morgan fingerprint density at radius 1 is 1.22 bits per heavy atom. The first kappa shape index (κ1) is 13.0. The number of hydrogen-bond acceptors (Lipinski definition) is 7. The highest BCUT2D eigenvalue weighted by molar-refractivity contribution is 5.90. The van der Waals surface area contributed by atoms with Crippen molar-refractivity contribution in [2.24, 2.45) is 21.0 Å². The van der Waals surface area contributed by atoms with Crippen molar-refractivity contribution in [3.8, 4) is 0 Å². The van der Waals surface area contributed by atoms with Gasteiger partial charge in [-0.3, -0.25) is 23.5 Å². The predicted octanol–water partition coefficient (Wildman–Crippen LogP) is -1.77. The topological polar surface area (TPSA) is 174 Å². The molecule has 0 saturated heterocycles. The summed E-state index contributed by atoms with van der Waals surface area (Å²) in [6, 6.07) is 0. The minimum atomic E-state index is -2.97. The van der Waals surface area contributed by atoms with Crippen LogP contribution in [-0.4, -0.2) is 57.3 Å². The number of carbonyl (C=O) groups excluding carboxylic acids is 1. The standard InChI is InChI=1S/C8H10N4O2.C7H10O6/c1-10-4-9-6-5(10)7(13)12(3)8(14)11(6)2;1-4(8)2-7(13,6(11)12)3-5(9)10/h4H,1-3H3;13H,2-3H2,1H3,(H,9,10)(H,11,12)/i1D3,2D3,4D;. The van der Waals surface area contributed by atoms with Crippen LogP contribution in [-0.2, 0) is 35.4 Å². The molecule has 1 unspecified atom stereocenters. The number of Topliss-reactive ketones (excluding diaryl/α,β-unsaturated/α-hetero) is 1. The van der Waals surface area contributed by atoms with Gasteiger partial charge in [-0.1, -0.05) is 0 Å². The largest absolute Gasteiger partial charge is 0.481 e. The van der Waals surface area contributed by atoms with E-state index in [9.17, 15) is 29.1 Å². The molecule has 2 rings (SSSR count). The van der Waals surface area contributed by atoms with E-state index in [0.717, 1.165) is 14.0 Å². The van der Waals surface area contributed by atoms with Crippen molar-refractivity contribution >= 4 is 28.9 Å². The third kappa shape index (κ3) is 4.67. The van der Waals surface area contributed by atoms with Gasteiger partial charge in [0.05, 0.1) is 12.7 Å². The van der Waals surface area contributed by atoms with Gasteiger partial charge in [-0.25, -0.2) is 14.6 Å². The van der Waals surface area contributed by atoms with Crippen LogP contribution in [0.25, 0.3) is 11.2 Å². The fourth-order valence-electron chi connectivity index (χ4n) is 2.01. The molecule has 0 amide bonds. The molecule has 0 radical (unpaired) electrons. The number of rotatable bonds is 5. The number of aryl methyl sites for hydroxylation is 2. The molecule has 0 aromatic carbocycles. The van der Waals surface area contributed by atoms with E-state index < -0.39 is 78.8 Å². The van der Waals surface area contributed by atoms with Gasteiger partial charge in [0, 0.05) is 35.6 Å². The zero-order chi connectivity index (χ0) is 27.0. The monoisotopic (exact) mass is 391 g/mol. The van der Waals surface area contributed by atoms with Crippen LogP contribution in [0.4, 0.5) is 0 Å². The molecule has 12 nitrogen and oxygen atoms in total. The Balaban J connectivity index is 0.000000385. The maximum atomic E-state index is 12.1. The number of aromatic nitrogens is 4. The summed E-state index contributed by atoms with van der Waals surface area (Å²) in [5.74, 6) is -3.75. The molecular formula is C15H20N4O8. The molecule has 0 bridgehead atoms. The minimum Gasteiger partial charge on any atom is -0.481 e. The van der Waals surface area contributed by atoms with E-state index in [1.807, 2.05) is 0 Å². The van der Waals surface area contributed by atoms with Gasteiger partial charge in [-0.2, -0.15) is 0 Å². The molecule has 0 fully saturated rings. The van der Waals surface area contributed by atoms with E-state index in [4.69, 9.17) is 19.8 Å². The van der Waals surface area contributed by atoms with E-state index in [2.05, 4.69) is 4.98 Å². The fraction of sp³-hybridized carbons (Fsp3) is 0.467. The highest BCUT2D eigenvalue weighted by Crippen LogP contribution is 2.16. The average Bonchev–Trinajstić information content (AvgIpc) is 2.94. The number of imidazole rings is 1. The highest BCUT2D eigenvalue weighted by atomic mass is 16.4. The number of hydrogen-bond donors (Lipinski definition) is 3. The molecule has 0 spiro atoms. The summed E-state index contributed by atoms with van der Waals surface area (Å²) in [5, 5.41) is 26.0. The smallest absolute Gasteiger partial charge is 0.336 e. The van der Waals surface area contributed by atoms with E-state index in [-0.39, 0.29) is 4.57 Å². The van der Waals surface area contributed by atoms with Gasteiger partial charge in [0.15, 0.2) is 16.8 Å². The van der Waals surface area contributed by atoms with Crippen molar-refractivity contribution in [1.29, 1.82) is 0 Å². The molecule has 148 valence electrons. The quantitative estimate of drug-likeness (QED) is 0.532. The second-order valence-electron chi connectivity index (χ2n) is 5.49. The fourth-order valence-corrected chi connectivity index (χ4v) is 2.01. The molecule has 2 aromatic rings. The van der Waals surface area contributed by atoms with Crippen LogP contribution in [0.2, 0.25) is 0 Å². The number of nitrogens with zero attached hydrogens (tertiary/aromatic N) is 4. The van der Waals surface area contributed by atoms with Gasteiger partial charge in [-0.05, 0) is 6.92 Å². The lowest BCUT2D eigenvalue weighted by molar-refractivity contribution is -0.167. The summed E-state index contributed by atoms with van der Waals surface area (Å²) < 4.78 is 52.5. The van der Waals surface area contributed by atoms with Crippen molar-refractivity contribution in [2.75, 3.05) is 0 Å². The molecule has 0 aliphatic heterocycles. The third-order valence-corrected chi connectivity index (χ3v) is 3.27. The van der Waals surface area contributed by atoms with Crippen molar-refractivity contribution in [3.05, 3.63) is 27.1 Å². The van der Waals surface area contributed by atoms with Gasteiger partial charge in [0.25, 0.3) is 5.56 Å². The van der Waals surface area contributed by atoms with E-state index >= 15 is 0 Å². The summed E-state index contributed by atoms with van der Waals surface area (Å²) in [6.07, 6.45) is -2.51. The third-order valence-electron chi connectivity index (χ3n) is 3.27. The number of aliphatic hydroxyl groups is 1. The highest BCUT2D eigenvalue weighted by Gasteiger charge is 2.39. The molecule has 2 aromatic heterocycles. The Kier molecular flexibility index (Phi) is 3.82. The van der Waals surface area contributed by atoms with E-state index in [0.29, 0.717) is 9.13 Å². The van der Waals surface area contributed by atoms with Crippen LogP contribution in [0.3, 0.4) is 0 Å². The first-order chi connectivity index (χ1) is 15.1. The predicted molar refractivity (Wildman–Crippen MR) is 91.3 cm³/mol. The van der Waals surface area contributed by atoms with Crippen molar-refractivity contribution < 1.29 is 39.3 Å². The Bertz CT molecular complexity index is 1240. The molecule has 2 heterocycles. The molecule has 0 aliphatic carbocycles. The lowest BCUT2D eigenvalue weighted by Gasteiger charge is -2.19. The summed E-state index contributed by atoms with van der Waals surface area (Å²) in [5.41, 5.74) is -5.96. The Hall–Kier alpha value is -3.28. The van der Waals surface area contributed by atoms with Crippen LogP contribution in [0.5, 0.6) is 0 Å². The molecule has 3 N–H and O–H groups in total. The maximum Gasteiger partial charge on any atom is 0.336 e. The molecule has 0 aliphatic rings. The lowest BCUT2D eigenvalue weighted by atomic mass is 9.94. The average molecular weight is 391 g/mol. The number of carboxylic acids is 2. The van der Waals surface area contributed by atoms with Crippen molar-refractivity contribution in [1.82, 2.24) is 18.7 Å². The SMILES string of the molecule is CC(=O)CC(O)(CC(=O)O)C(=O)O.[2H]c1nc2c(c(=O)n(C)c(=O)n2C([2H])([2H])[2H])n1C([2H])([2H])[2H]. The van der Waals surface area contributed by atoms with Crippen molar-refractivity contribution in [2.45, 2.75) is 25.4 Å². The lowest BCUT2D eigenvalue weighted by Crippen LogP contribution is -2.42. The number of carbonyl (C=O) groups is 3. The van der Waals surface area contributed by atoms with Crippen LogP contribution in [0, 0.1) is 0 Å². The second kappa shape index (κ2) is 7.95. The molecule has 12 heteroatoms. The summed E-state index contributed by atoms with van der Waals surface area (Å²) in [6.45, 7) is -4.80. The number of ketones is 1. The minimum absolute atomic E-state index is 0.226. The van der Waals surface area contributed by atoms with Crippen molar-refractivity contribution in [3.63, 3.8) is 0 Å². The first-order valence-electron chi connectivity index (χ1n) is 10.5. The van der Waals surface area contributed by atoms with Gasteiger partial charge < -0.3 is 19.9 Å². The summed E-state index contributed by atoms with van der Waals surface area (Å²) >= 11 is 0. The first-order valence-corrected chi connectivity index (χ1v) is 7.04. The van der Waals surface area contributed by atoms with E-state index in [1.165, 1.54) is 0 Å². The van der Waals surface area contributed by atoms with Gasteiger partial charge in [0.2, 0.25) is 0 Å². The van der Waals surface area contributed by atoms with Crippen LogP contribution < -0.4 is 11.2 Å². The second-order valence-corrected chi connectivity index (χ2v) is 5.49.